The van der Waals surface area contributed by atoms with Gasteiger partial charge in [-0.05, 0) is 70.1 Å². The Labute approximate surface area is 265 Å². The number of hydrogen-bond donors (Lipinski definition) is 0. The maximum absolute atomic E-state index is 7.17. The van der Waals surface area contributed by atoms with Crippen LogP contribution in [0.3, 0.4) is 0 Å². The number of furan rings is 1. The van der Waals surface area contributed by atoms with Gasteiger partial charge in [-0.25, -0.2) is 0 Å². The first-order chi connectivity index (χ1) is 21.9. The molecule has 1 aromatic heterocycles. The van der Waals surface area contributed by atoms with E-state index in [-0.39, 0.29) is 24.2 Å². The molecule has 4 aliphatic rings. The lowest BCUT2D eigenvalue weighted by Crippen LogP contribution is -2.62. The van der Waals surface area contributed by atoms with Gasteiger partial charge < -0.3 is 14.1 Å². The highest BCUT2D eigenvalue weighted by Crippen LogP contribution is 2.50. The lowest BCUT2D eigenvalue weighted by Gasteiger charge is -2.43. The van der Waals surface area contributed by atoms with Crippen molar-refractivity contribution in [3.63, 3.8) is 0 Å². The summed E-state index contributed by atoms with van der Waals surface area (Å²) in [5.74, 6) is 1.31. The molecule has 0 bridgehead atoms. The van der Waals surface area contributed by atoms with E-state index >= 15 is 0 Å². The third-order valence-electron chi connectivity index (χ3n) is 10.2. The predicted molar refractivity (Wildman–Crippen MR) is 188 cm³/mol. The molecule has 4 heteroatoms. The van der Waals surface area contributed by atoms with Gasteiger partial charge in [0, 0.05) is 33.3 Å². The van der Waals surface area contributed by atoms with Crippen LogP contribution in [0.4, 0.5) is 11.4 Å². The van der Waals surface area contributed by atoms with Gasteiger partial charge in [-0.3, -0.25) is 0 Å². The molecule has 0 fully saturated rings. The van der Waals surface area contributed by atoms with Crippen molar-refractivity contribution < 1.29 is 9.15 Å². The molecule has 0 saturated carbocycles. The fourth-order valence-corrected chi connectivity index (χ4v) is 8.05. The molecule has 5 aromatic rings. The summed E-state index contributed by atoms with van der Waals surface area (Å²) in [6, 6.07) is 28.9. The molecular formula is C41H36BNO2. The Morgan fingerprint density at radius 1 is 0.867 bits per heavy atom. The fourth-order valence-electron chi connectivity index (χ4n) is 8.05. The van der Waals surface area contributed by atoms with Gasteiger partial charge in [0.2, 0.25) is 0 Å². The van der Waals surface area contributed by atoms with Crippen molar-refractivity contribution in [1.29, 1.82) is 0 Å². The molecule has 0 spiro atoms. The molecule has 220 valence electrons. The van der Waals surface area contributed by atoms with E-state index in [2.05, 4.69) is 148 Å². The van der Waals surface area contributed by atoms with E-state index in [0.717, 1.165) is 23.4 Å². The van der Waals surface area contributed by atoms with E-state index in [1.807, 2.05) is 0 Å². The number of para-hydroxylation sites is 1. The Kier molecular flexibility index (Phi) is 5.72. The molecule has 0 N–H and O–H groups in total. The van der Waals surface area contributed by atoms with E-state index in [1.165, 1.54) is 55.3 Å². The number of ether oxygens (including phenoxy) is 1. The summed E-state index contributed by atoms with van der Waals surface area (Å²) in [6.45, 7) is 9.05. The Balaban J connectivity index is 1.36. The van der Waals surface area contributed by atoms with Crippen LogP contribution < -0.4 is 16.0 Å². The first-order valence-corrected chi connectivity index (χ1v) is 16.3. The monoisotopic (exact) mass is 585 g/mol. The van der Waals surface area contributed by atoms with Crippen LogP contribution in [0, 0.1) is 5.92 Å². The first-order valence-electron chi connectivity index (χ1n) is 16.3. The standard InChI is InChI=1S/C41H36BNO2/c1-25-12-6-5-7-16-31-34(23-18-25)45-40-38(31)43(28-21-19-27(20-22-28)41(2,3)4)37-29-14-9-8-13-26(29)24-32-35-30-15-10-11-17-33(30)44-39(35)42(40)36(32)37/h5-15,17-25,38,40H,16H2,1-4H3/b7-5-,12-6-,23-18-. The summed E-state index contributed by atoms with van der Waals surface area (Å²) in [5, 5.41) is 3.69. The van der Waals surface area contributed by atoms with E-state index in [4.69, 9.17) is 9.15 Å². The summed E-state index contributed by atoms with van der Waals surface area (Å²) >= 11 is 0. The molecule has 0 saturated heterocycles. The van der Waals surface area contributed by atoms with Gasteiger partial charge in [0.1, 0.15) is 17.3 Å². The molecule has 1 aliphatic carbocycles. The topological polar surface area (TPSA) is 25.6 Å². The highest BCUT2D eigenvalue weighted by atomic mass is 16.5. The molecule has 4 heterocycles. The molecule has 3 aliphatic heterocycles. The van der Waals surface area contributed by atoms with Gasteiger partial charge >= 0.3 is 6.71 Å². The van der Waals surface area contributed by atoms with Gasteiger partial charge in [0.05, 0.1) is 11.7 Å². The van der Waals surface area contributed by atoms with Crippen LogP contribution in [0.5, 0.6) is 0 Å². The van der Waals surface area contributed by atoms with Crippen molar-refractivity contribution in [2.45, 2.75) is 51.6 Å². The molecule has 3 atom stereocenters. The summed E-state index contributed by atoms with van der Waals surface area (Å²) in [4.78, 5) is 2.61. The van der Waals surface area contributed by atoms with Crippen molar-refractivity contribution in [1.82, 2.24) is 0 Å². The smallest absolute Gasteiger partial charge is 0.309 e. The van der Waals surface area contributed by atoms with E-state index < -0.39 is 0 Å². The predicted octanol–water partition coefficient (Wildman–Crippen LogP) is 8.89. The van der Waals surface area contributed by atoms with E-state index in [9.17, 15) is 0 Å². The van der Waals surface area contributed by atoms with Crippen molar-refractivity contribution in [2.75, 3.05) is 4.90 Å². The second kappa shape index (κ2) is 9.65. The third-order valence-corrected chi connectivity index (χ3v) is 10.2. The zero-order chi connectivity index (χ0) is 30.4. The average Bonchev–Trinajstić information content (AvgIpc) is 3.69. The van der Waals surface area contributed by atoms with Gasteiger partial charge in [0.25, 0.3) is 0 Å². The highest BCUT2D eigenvalue weighted by Gasteiger charge is 2.57. The number of hydrogen-bond acceptors (Lipinski definition) is 3. The number of fused-ring (bicyclic) bond motifs is 10. The largest absolute Gasteiger partial charge is 0.495 e. The van der Waals surface area contributed by atoms with Crippen LogP contribution >= 0.6 is 0 Å². The average molecular weight is 586 g/mol. The van der Waals surface area contributed by atoms with Crippen LogP contribution in [0.2, 0.25) is 0 Å². The maximum atomic E-state index is 7.17. The summed E-state index contributed by atoms with van der Waals surface area (Å²) in [6.07, 6.45) is 14.2. The van der Waals surface area contributed by atoms with E-state index in [1.54, 1.807) is 0 Å². The Bertz CT molecular complexity index is 2140. The van der Waals surface area contributed by atoms with Gasteiger partial charge in [-0.2, -0.15) is 0 Å². The SMILES string of the molecule is CC1/C=C\C=C/CC2=C(/C=C\1)OC1B3c4oc5ccccc5c4-c4cc5ccccc5c(c43)N(c3ccc(C(C)(C)C)cc3)C21. The Morgan fingerprint density at radius 3 is 2.47 bits per heavy atom. The van der Waals surface area contributed by atoms with Crippen LogP contribution in [-0.4, -0.2) is 18.8 Å². The number of anilines is 2. The molecule has 0 amide bonds. The minimum absolute atomic E-state index is 0.00353. The van der Waals surface area contributed by atoms with Crippen LogP contribution in [-0.2, 0) is 10.2 Å². The second-order valence-corrected chi connectivity index (χ2v) is 14.0. The normalized spacial score (nSPS) is 23.8. The van der Waals surface area contributed by atoms with E-state index in [0.29, 0.717) is 5.92 Å². The van der Waals surface area contributed by atoms with Crippen LogP contribution in [0.15, 0.2) is 131 Å². The quantitative estimate of drug-likeness (QED) is 0.184. The summed E-state index contributed by atoms with van der Waals surface area (Å²) in [7, 11) is 0. The van der Waals surface area contributed by atoms with Gasteiger partial charge in [-0.15, -0.1) is 0 Å². The molecular weight excluding hydrogens is 549 g/mol. The molecule has 0 radical (unpaired) electrons. The van der Waals surface area contributed by atoms with Gasteiger partial charge in [0.15, 0.2) is 0 Å². The summed E-state index contributed by atoms with van der Waals surface area (Å²) in [5.41, 5.74) is 11.0. The molecule has 3 nitrogen and oxygen atoms in total. The van der Waals surface area contributed by atoms with Crippen LogP contribution in [0.25, 0.3) is 32.9 Å². The zero-order valence-electron chi connectivity index (χ0n) is 26.2. The fraction of sp³-hybridized carbons (Fsp3) is 0.220. The molecule has 9 rings (SSSR count). The number of allylic oxidation sites excluding steroid dienone is 6. The lowest BCUT2D eigenvalue weighted by molar-refractivity contribution is 0.203. The molecule has 3 unspecified atom stereocenters. The number of benzene rings is 4. The maximum Gasteiger partial charge on any atom is 0.309 e. The Hall–Kier alpha value is -4.70. The number of rotatable bonds is 1. The zero-order valence-corrected chi connectivity index (χ0v) is 26.2. The van der Waals surface area contributed by atoms with Crippen molar-refractivity contribution in [3.8, 4) is 11.1 Å². The second-order valence-electron chi connectivity index (χ2n) is 14.0. The van der Waals surface area contributed by atoms with Gasteiger partial charge in [-0.1, -0.05) is 113 Å². The van der Waals surface area contributed by atoms with Crippen molar-refractivity contribution in [3.05, 3.63) is 132 Å². The third kappa shape index (κ3) is 3.91. The van der Waals surface area contributed by atoms with Crippen LogP contribution in [0.1, 0.15) is 39.7 Å². The molecule has 4 aromatic carbocycles. The molecule has 45 heavy (non-hydrogen) atoms. The minimum Gasteiger partial charge on any atom is -0.495 e. The lowest BCUT2D eigenvalue weighted by atomic mass is 9.37. The summed E-state index contributed by atoms with van der Waals surface area (Å²) < 4.78 is 14.0. The highest BCUT2D eigenvalue weighted by molar-refractivity contribution is 6.92. The van der Waals surface area contributed by atoms with Crippen molar-refractivity contribution in [2.24, 2.45) is 5.92 Å². The Morgan fingerprint density at radius 2 is 1.64 bits per heavy atom. The minimum atomic E-state index is -0.131. The number of nitrogens with zero attached hydrogens (tertiary/aromatic N) is 1. The van der Waals surface area contributed by atoms with Crippen molar-refractivity contribution >= 4 is 51.0 Å². The first kappa shape index (κ1) is 26.7.